The average Bonchev–Trinajstić information content (AvgIpc) is 3.04. The van der Waals surface area contributed by atoms with Gasteiger partial charge in [0.2, 0.25) is 5.78 Å². The summed E-state index contributed by atoms with van der Waals surface area (Å²) in [5, 5.41) is 0.172. The molecule has 0 aliphatic carbocycles. The summed E-state index contributed by atoms with van der Waals surface area (Å²) in [7, 11) is 0. The molecule has 0 saturated heterocycles. The van der Waals surface area contributed by atoms with Crippen LogP contribution in [0.25, 0.3) is 6.08 Å². The minimum absolute atomic E-state index is 0.0416. The second kappa shape index (κ2) is 8.42. The Hall–Kier alpha value is -2.96. The summed E-state index contributed by atoms with van der Waals surface area (Å²) in [6, 6.07) is 15.8. The van der Waals surface area contributed by atoms with Crippen molar-refractivity contribution in [2.75, 3.05) is 6.61 Å². The molecule has 0 radical (unpaired) electrons. The van der Waals surface area contributed by atoms with Crippen LogP contribution in [0.2, 0.25) is 5.02 Å². The van der Waals surface area contributed by atoms with E-state index < -0.39 is 5.82 Å². The molecule has 0 bridgehead atoms. The van der Waals surface area contributed by atoms with E-state index in [1.54, 1.807) is 36.4 Å². The first-order valence-electron chi connectivity index (χ1n) is 8.86. The lowest BCUT2D eigenvalue weighted by Gasteiger charge is -2.07. The van der Waals surface area contributed by atoms with E-state index >= 15 is 0 Å². The number of hydrogen-bond donors (Lipinski definition) is 0. The van der Waals surface area contributed by atoms with Crippen molar-refractivity contribution >= 4 is 45.2 Å². The van der Waals surface area contributed by atoms with Crippen LogP contribution in [0.3, 0.4) is 0 Å². The molecule has 4 rings (SSSR count). The van der Waals surface area contributed by atoms with Gasteiger partial charge < -0.3 is 9.47 Å². The predicted molar refractivity (Wildman–Crippen MR) is 115 cm³/mol. The van der Waals surface area contributed by atoms with Crippen LogP contribution in [0.1, 0.15) is 26.3 Å². The Morgan fingerprint density at radius 3 is 2.63 bits per heavy atom. The van der Waals surface area contributed by atoms with Crippen molar-refractivity contribution in [1.82, 2.24) is 0 Å². The minimum atomic E-state index is -0.558. The summed E-state index contributed by atoms with van der Waals surface area (Å²) in [6.07, 6.45) is 1.28. The fourth-order valence-electron chi connectivity index (χ4n) is 2.90. The van der Waals surface area contributed by atoms with Crippen molar-refractivity contribution < 1.29 is 23.5 Å². The Balaban J connectivity index is 1.50. The van der Waals surface area contributed by atoms with Gasteiger partial charge in [0, 0.05) is 21.7 Å². The molecule has 0 amide bonds. The van der Waals surface area contributed by atoms with Gasteiger partial charge in [-0.2, -0.15) is 0 Å². The van der Waals surface area contributed by atoms with Crippen LogP contribution in [-0.4, -0.2) is 18.2 Å². The van der Waals surface area contributed by atoms with Gasteiger partial charge in [-0.15, -0.1) is 0 Å². The number of fused-ring (bicyclic) bond motifs is 1. The summed E-state index contributed by atoms with van der Waals surface area (Å²) >= 11 is 9.34. The SMILES string of the molecule is O=C(COc1ccc2c(c1)OC(=Cc1c(F)cccc1Cl)C2=O)c1ccc(Br)cc1. The van der Waals surface area contributed by atoms with E-state index in [4.69, 9.17) is 21.1 Å². The van der Waals surface area contributed by atoms with Crippen molar-refractivity contribution in [2.24, 2.45) is 0 Å². The lowest BCUT2D eigenvalue weighted by molar-refractivity contribution is 0.0921. The van der Waals surface area contributed by atoms with Gasteiger partial charge in [0.15, 0.2) is 18.1 Å². The first-order chi connectivity index (χ1) is 14.4. The average molecular weight is 488 g/mol. The lowest BCUT2D eigenvalue weighted by Crippen LogP contribution is -2.11. The molecule has 1 heterocycles. The molecule has 3 aromatic rings. The molecule has 3 aromatic carbocycles. The van der Waals surface area contributed by atoms with Crippen LogP contribution in [0.4, 0.5) is 4.39 Å². The molecule has 0 N–H and O–H groups in total. The number of halogens is 3. The quantitative estimate of drug-likeness (QED) is 0.321. The Morgan fingerprint density at radius 1 is 1.13 bits per heavy atom. The molecule has 0 aromatic heterocycles. The van der Waals surface area contributed by atoms with Gasteiger partial charge in [-0.05, 0) is 42.5 Å². The van der Waals surface area contributed by atoms with Crippen molar-refractivity contribution in [3.05, 3.63) is 98.4 Å². The van der Waals surface area contributed by atoms with Gasteiger partial charge in [-0.1, -0.05) is 45.7 Å². The van der Waals surface area contributed by atoms with Gasteiger partial charge in [-0.25, -0.2) is 4.39 Å². The Kier molecular flexibility index (Phi) is 5.70. The summed E-state index contributed by atoms with van der Waals surface area (Å²) in [5.41, 5.74) is 0.921. The van der Waals surface area contributed by atoms with E-state index in [0.717, 1.165) is 4.47 Å². The molecule has 0 atom stereocenters. The number of ether oxygens (including phenoxy) is 2. The summed E-state index contributed by atoms with van der Waals surface area (Å²) in [5.74, 6) is -0.529. The van der Waals surface area contributed by atoms with Gasteiger partial charge in [-0.3, -0.25) is 9.59 Å². The first-order valence-corrected chi connectivity index (χ1v) is 10.0. The van der Waals surface area contributed by atoms with E-state index in [-0.39, 0.29) is 40.3 Å². The standard InChI is InChI=1S/C23H13BrClFO4/c24-14-6-4-13(5-7-14)20(27)12-29-15-8-9-16-21(10-15)30-22(23(16)28)11-17-18(25)2-1-3-19(17)26/h1-11H,12H2. The fraction of sp³-hybridized carbons (Fsp3) is 0.0435. The van der Waals surface area contributed by atoms with E-state index in [1.165, 1.54) is 30.3 Å². The molecule has 0 spiro atoms. The molecule has 1 aliphatic rings. The number of hydrogen-bond acceptors (Lipinski definition) is 4. The topological polar surface area (TPSA) is 52.6 Å². The highest BCUT2D eigenvalue weighted by Gasteiger charge is 2.28. The van der Waals surface area contributed by atoms with Gasteiger partial charge in [0.25, 0.3) is 0 Å². The smallest absolute Gasteiger partial charge is 0.231 e. The van der Waals surface area contributed by atoms with Crippen LogP contribution in [0.15, 0.2) is 70.9 Å². The number of carbonyl (C=O) groups excluding carboxylic acids is 2. The van der Waals surface area contributed by atoms with Crippen LogP contribution in [0.5, 0.6) is 11.5 Å². The van der Waals surface area contributed by atoms with Crippen molar-refractivity contribution in [1.29, 1.82) is 0 Å². The highest BCUT2D eigenvalue weighted by molar-refractivity contribution is 9.10. The van der Waals surface area contributed by atoms with Gasteiger partial charge in [0.1, 0.15) is 17.3 Å². The van der Waals surface area contributed by atoms with E-state index in [1.807, 2.05) is 0 Å². The lowest BCUT2D eigenvalue weighted by atomic mass is 10.1. The predicted octanol–water partition coefficient (Wildman–Crippen LogP) is 6.12. The Bertz CT molecular complexity index is 1170. The molecule has 30 heavy (non-hydrogen) atoms. The van der Waals surface area contributed by atoms with Crippen molar-refractivity contribution in [3.63, 3.8) is 0 Å². The van der Waals surface area contributed by atoms with Crippen molar-refractivity contribution in [3.8, 4) is 11.5 Å². The van der Waals surface area contributed by atoms with E-state index in [9.17, 15) is 14.0 Å². The molecular formula is C23H13BrClFO4. The maximum atomic E-state index is 14.0. The third-order valence-electron chi connectivity index (χ3n) is 4.45. The third kappa shape index (κ3) is 4.15. The molecule has 4 nitrogen and oxygen atoms in total. The maximum Gasteiger partial charge on any atom is 0.231 e. The van der Waals surface area contributed by atoms with Crippen LogP contribution in [-0.2, 0) is 0 Å². The third-order valence-corrected chi connectivity index (χ3v) is 5.31. The zero-order chi connectivity index (χ0) is 21.3. The van der Waals surface area contributed by atoms with Crippen molar-refractivity contribution in [2.45, 2.75) is 0 Å². The summed E-state index contributed by atoms with van der Waals surface area (Å²) in [6.45, 7) is -0.165. The number of ketones is 2. The maximum absolute atomic E-state index is 14.0. The molecule has 7 heteroatoms. The number of carbonyl (C=O) groups is 2. The number of Topliss-reactive ketones (excluding diaryl/α,β-unsaturated/α-hetero) is 2. The minimum Gasteiger partial charge on any atom is -0.485 e. The number of benzene rings is 3. The van der Waals surface area contributed by atoms with Crippen LogP contribution in [0, 0.1) is 5.82 Å². The first kappa shape index (κ1) is 20.3. The highest BCUT2D eigenvalue weighted by atomic mass is 79.9. The zero-order valence-corrected chi connectivity index (χ0v) is 17.7. The molecule has 0 unspecified atom stereocenters. The van der Waals surface area contributed by atoms with E-state index in [0.29, 0.717) is 16.9 Å². The largest absolute Gasteiger partial charge is 0.485 e. The molecular weight excluding hydrogens is 475 g/mol. The molecule has 0 saturated carbocycles. The van der Waals surface area contributed by atoms with Crippen LogP contribution >= 0.6 is 27.5 Å². The number of rotatable bonds is 5. The number of allylic oxidation sites excluding steroid dienone is 1. The Labute approximate surface area is 185 Å². The van der Waals surface area contributed by atoms with Gasteiger partial charge >= 0.3 is 0 Å². The second-order valence-corrected chi connectivity index (χ2v) is 7.77. The molecule has 0 fully saturated rings. The summed E-state index contributed by atoms with van der Waals surface area (Å²) < 4.78 is 26.0. The molecule has 150 valence electrons. The Morgan fingerprint density at radius 2 is 1.90 bits per heavy atom. The normalized spacial score (nSPS) is 13.8. The second-order valence-electron chi connectivity index (χ2n) is 6.45. The monoisotopic (exact) mass is 486 g/mol. The van der Waals surface area contributed by atoms with Crippen LogP contribution < -0.4 is 9.47 Å². The highest BCUT2D eigenvalue weighted by Crippen LogP contribution is 2.35. The fourth-order valence-corrected chi connectivity index (χ4v) is 3.39. The van der Waals surface area contributed by atoms with E-state index in [2.05, 4.69) is 15.9 Å². The zero-order valence-electron chi connectivity index (χ0n) is 15.3. The summed E-state index contributed by atoms with van der Waals surface area (Å²) in [4.78, 5) is 24.8. The van der Waals surface area contributed by atoms with Gasteiger partial charge in [0.05, 0.1) is 10.6 Å². The molecule has 1 aliphatic heterocycles.